The minimum atomic E-state index is -1.89. The van der Waals surface area contributed by atoms with E-state index in [9.17, 15) is 34.8 Å². The number of nitrogens with zero attached hydrogens (tertiary/aromatic N) is 3. The first kappa shape index (κ1) is 29.6. The maximum absolute atomic E-state index is 12.8. The number of ether oxygens (including phenoxy) is 3. The third-order valence-corrected chi connectivity index (χ3v) is 6.22. The number of aromatic nitrogens is 3. The number of aliphatic carboxylic acids is 1. The Morgan fingerprint density at radius 1 is 1.05 bits per heavy atom. The molecule has 1 amide bonds. The van der Waals surface area contributed by atoms with Gasteiger partial charge in [-0.2, -0.15) is 0 Å². The molecule has 2 heterocycles. The molecule has 14 heteroatoms. The van der Waals surface area contributed by atoms with Crippen LogP contribution >= 0.6 is 0 Å². The van der Waals surface area contributed by atoms with Gasteiger partial charge in [-0.3, -0.25) is 14.3 Å². The molecule has 218 valence electrons. The summed E-state index contributed by atoms with van der Waals surface area (Å²) in [5.41, 5.74) is 2.25. The standard InChI is InChI=1S/C27H30N4O10/c1-15(32)39-14-16-9-10-20(40-27-24(36)22(34)23(35)25(41-27)26(37)38)18(12-16)28-21(33)8-5-11-31-13-19(29-30-31)17-6-3-2-4-7-17/h2-4,6-7,9-10,12-13,22-25,27,34-36H,5,8,11,14H2,1H3,(H,28,33)(H,37,38)/t22-,23-,24+,25-,27+/m0/s1. The molecule has 3 aromatic rings. The predicted molar refractivity (Wildman–Crippen MR) is 140 cm³/mol. The van der Waals surface area contributed by atoms with Crippen LogP contribution in [0, 0.1) is 0 Å². The van der Waals surface area contributed by atoms with Crippen molar-refractivity contribution in [3.05, 3.63) is 60.3 Å². The number of benzene rings is 2. The summed E-state index contributed by atoms with van der Waals surface area (Å²) >= 11 is 0. The molecule has 0 saturated carbocycles. The number of carboxylic acid groups (broad SMARTS) is 1. The third kappa shape index (κ3) is 7.64. The van der Waals surface area contributed by atoms with Crippen molar-refractivity contribution < 1.29 is 49.0 Å². The summed E-state index contributed by atoms with van der Waals surface area (Å²) in [6, 6.07) is 13.9. The number of hydrogen-bond donors (Lipinski definition) is 5. The van der Waals surface area contributed by atoms with Crippen molar-refractivity contribution in [2.75, 3.05) is 5.32 Å². The molecule has 5 atom stereocenters. The molecule has 0 radical (unpaired) electrons. The van der Waals surface area contributed by atoms with Crippen molar-refractivity contribution in [2.24, 2.45) is 0 Å². The first-order valence-corrected chi connectivity index (χ1v) is 12.7. The normalized spacial score (nSPS) is 22.1. The summed E-state index contributed by atoms with van der Waals surface area (Å²) in [6.07, 6.45) is -6.81. The molecule has 41 heavy (non-hydrogen) atoms. The largest absolute Gasteiger partial charge is 0.479 e. The predicted octanol–water partition coefficient (Wildman–Crippen LogP) is 0.698. The summed E-state index contributed by atoms with van der Waals surface area (Å²) in [6.45, 7) is 1.57. The van der Waals surface area contributed by atoms with E-state index < -0.39 is 48.6 Å². The molecule has 0 bridgehead atoms. The van der Waals surface area contributed by atoms with E-state index in [1.165, 1.54) is 25.1 Å². The van der Waals surface area contributed by atoms with Crippen molar-refractivity contribution in [1.29, 1.82) is 0 Å². The second-order valence-electron chi connectivity index (χ2n) is 9.35. The van der Waals surface area contributed by atoms with Crippen LogP contribution in [-0.2, 0) is 37.0 Å². The number of aliphatic hydroxyl groups is 3. The van der Waals surface area contributed by atoms with Gasteiger partial charge in [-0.1, -0.05) is 41.6 Å². The zero-order valence-electron chi connectivity index (χ0n) is 22.0. The van der Waals surface area contributed by atoms with E-state index in [1.54, 1.807) is 10.9 Å². The van der Waals surface area contributed by atoms with Crippen molar-refractivity contribution in [1.82, 2.24) is 15.0 Å². The summed E-state index contributed by atoms with van der Waals surface area (Å²) in [5, 5.41) is 50.6. The van der Waals surface area contributed by atoms with Crippen LogP contribution in [0.25, 0.3) is 11.3 Å². The van der Waals surface area contributed by atoms with E-state index in [-0.39, 0.29) is 24.5 Å². The molecule has 2 aromatic carbocycles. The van der Waals surface area contributed by atoms with E-state index in [4.69, 9.17) is 14.2 Å². The first-order valence-electron chi connectivity index (χ1n) is 12.7. The number of anilines is 1. The van der Waals surface area contributed by atoms with Crippen molar-refractivity contribution in [3.8, 4) is 17.0 Å². The summed E-state index contributed by atoms with van der Waals surface area (Å²) in [7, 11) is 0. The number of aryl methyl sites for hydroxylation is 1. The lowest BCUT2D eigenvalue weighted by atomic mass is 9.99. The number of rotatable bonds is 11. The van der Waals surface area contributed by atoms with Crippen LogP contribution in [0.3, 0.4) is 0 Å². The Labute approximate surface area is 234 Å². The molecule has 0 unspecified atom stereocenters. The zero-order chi connectivity index (χ0) is 29.5. The SMILES string of the molecule is CC(=O)OCc1ccc(O[C@@H]2O[C@H](C(=O)O)[C@@H](O)[C@H](O)[C@H]2O)c(NC(=O)CCCn2cc(-c3ccccc3)nn2)c1. The van der Waals surface area contributed by atoms with Crippen molar-refractivity contribution in [3.63, 3.8) is 0 Å². The van der Waals surface area contributed by atoms with Gasteiger partial charge in [0.1, 0.15) is 36.4 Å². The average Bonchev–Trinajstić information content (AvgIpc) is 3.42. The molecule has 1 aliphatic rings. The number of aliphatic hydroxyl groups excluding tert-OH is 3. The first-order chi connectivity index (χ1) is 19.6. The van der Waals surface area contributed by atoms with E-state index >= 15 is 0 Å². The van der Waals surface area contributed by atoms with Gasteiger partial charge in [0, 0.05) is 25.5 Å². The average molecular weight is 571 g/mol. The van der Waals surface area contributed by atoms with E-state index in [0.717, 1.165) is 5.56 Å². The molecule has 0 aliphatic carbocycles. The second-order valence-corrected chi connectivity index (χ2v) is 9.35. The molecule has 5 N–H and O–H groups in total. The molecule has 4 rings (SSSR count). The number of esters is 1. The molecule has 1 fully saturated rings. The van der Waals surface area contributed by atoms with Gasteiger partial charge in [-0.15, -0.1) is 5.10 Å². The van der Waals surface area contributed by atoms with Crippen molar-refractivity contribution in [2.45, 2.75) is 63.6 Å². The Balaban J connectivity index is 1.43. The van der Waals surface area contributed by atoms with Crippen LogP contribution in [0.5, 0.6) is 5.75 Å². The topological polar surface area (TPSA) is 203 Å². The van der Waals surface area contributed by atoms with E-state index in [1.807, 2.05) is 30.3 Å². The highest BCUT2D eigenvalue weighted by Crippen LogP contribution is 2.31. The highest BCUT2D eigenvalue weighted by molar-refractivity contribution is 5.92. The van der Waals surface area contributed by atoms with E-state index in [2.05, 4.69) is 15.6 Å². The lowest BCUT2D eigenvalue weighted by Gasteiger charge is -2.38. The van der Waals surface area contributed by atoms with Gasteiger partial charge in [-0.25, -0.2) is 4.79 Å². The smallest absolute Gasteiger partial charge is 0.335 e. The molecule has 14 nitrogen and oxygen atoms in total. The Morgan fingerprint density at radius 2 is 1.80 bits per heavy atom. The second kappa shape index (κ2) is 13.3. The Bertz CT molecular complexity index is 1370. The lowest BCUT2D eigenvalue weighted by molar-refractivity contribution is -0.271. The number of carbonyl (C=O) groups excluding carboxylic acids is 2. The minimum absolute atomic E-state index is 0.0227. The quantitative estimate of drug-likeness (QED) is 0.202. The summed E-state index contributed by atoms with van der Waals surface area (Å²) in [5.74, 6) is -2.49. The number of nitrogens with one attached hydrogen (secondary N) is 1. The van der Waals surface area contributed by atoms with E-state index in [0.29, 0.717) is 24.2 Å². The zero-order valence-corrected chi connectivity index (χ0v) is 22.0. The van der Waals surface area contributed by atoms with Gasteiger partial charge in [-0.05, 0) is 24.1 Å². The van der Waals surface area contributed by atoms with Gasteiger partial charge in [0.25, 0.3) is 0 Å². The molecule has 0 spiro atoms. The molecule has 1 saturated heterocycles. The Morgan fingerprint density at radius 3 is 2.51 bits per heavy atom. The van der Waals surface area contributed by atoms with Crippen molar-refractivity contribution >= 4 is 23.5 Å². The molecule has 1 aliphatic heterocycles. The van der Waals surface area contributed by atoms with Crippen LogP contribution in [0.4, 0.5) is 5.69 Å². The van der Waals surface area contributed by atoms with Gasteiger partial charge in [0.05, 0.1) is 11.9 Å². The van der Waals surface area contributed by atoms with Gasteiger partial charge in [0.15, 0.2) is 6.10 Å². The van der Waals surface area contributed by atoms with Crippen LogP contribution in [0.2, 0.25) is 0 Å². The summed E-state index contributed by atoms with van der Waals surface area (Å²) < 4.78 is 17.5. The number of carbonyl (C=O) groups is 3. The van der Waals surface area contributed by atoms with Gasteiger partial charge in [0.2, 0.25) is 12.2 Å². The maximum atomic E-state index is 12.8. The van der Waals surface area contributed by atoms with Crippen LogP contribution < -0.4 is 10.1 Å². The Kier molecular flexibility index (Phi) is 9.62. The van der Waals surface area contributed by atoms with Crippen LogP contribution in [0.1, 0.15) is 25.3 Å². The lowest BCUT2D eigenvalue weighted by Crippen LogP contribution is -2.61. The molecular weight excluding hydrogens is 540 g/mol. The third-order valence-electron chi connectivity index (χ3n) is 6.22. The fraction of sp³-hybridized carbons (Fsp3) is 0.370. The minimum Gasteiger partial charge on any atom is -0.479 e. The summed E-state index contributed by atoms with van der Waals surface area (Å²) in [4.78, 5) is 35.5. The highest BCUT2D eigenvalue weighted by atomic mass is 16.7. The highest BCUT2D eigenvalue weighted by Gasteiger charge is 2.48. The van der Waals surface area contributed by atoms with Crippen LogP contribution in [0.15, 0.2) is 54.7 Å². The van der Waals surface area contributed by atoms with Gasteiger partial charge < -0.3 is 40.0 Å². The number of hydrogen-bond acceptors (Lipinski definition) is 11. The maximum Gasteiger partial charge on any atom is 0.335 e. The van der Waals surface area contributed by atoms with Crippen LogP contribution in [-0.4, -0.2) is 84.0 Å². The monoisotopic (exact) mass is 570 g/mol. The van der Waals surface area contributed by atoms with Gasteiger partial charge >= 0.3 is 11.9 Å². The Hall–Kier alpha value is -4.37. The number of carboxylic acids is 1. The fourth-order valence-electron chi connectivity index (χ4n) is 4.09. The fourth-order valence-corrected chi connectivity index (χ4v) is 4.09. The molecule has 1 aromatic heterocycles. The number of amides is 1. The molecular formula is C27H30N4O10.